The maximum atomic E-state index is 10.3. The summed E-state index contributed by atoms with van der Waals surface area (Å²) in [6.07, 6.45) is 0. The molecule has 0 aromatic heterocycles. The van der Waals surface area contributed by atoms with Crippen LogP contribution in [0, 0.1) is 4.91 Å². The Kier molecular flexibility index (Phi) is 3.41. The highest BCUT2D eigenvalue weighted by Crippen LogP contribution is 2.17. The van der Waals surface area contributed by atoms with Crippen molar-refractivity contribution in [3.63, 3.8) is 0 Å². The summed E-state index contributed by atoms with van der Waals surface area (Å²) in [5.74, 6) is -1.13. The quantitative estimate of drug-likeness (QED) is 0.614. The number of hydrogen-bond acceptors (Lipinski definition) is 3. The first kappa shape index (κ1) is 10.5. The van der Waals surface area contributed by atoms with Crippen LogP contribution in [0.4, 0.5) is 5.69 Å². The Balaban J connectivity index is 2.84. The van der Waals surface area contributed by atoms with E-state index in [1.165, 1.54) is 12.1 Å². The second kappa shape index (κ2) is 4.57. The van der Waals surface area contributed by atoms with Gasteiger partial charge in [-0.3, -0.25) is 4.79 Å². The number of hydrogen-bond donors (Lipinski definition) is 1. The van der Waals surface area contributed by atoms with Gasteiger partial charge in [0, 0.05) is 5.02 Å². The van der Waals surface area contributed by atoms with Crippen molar-refractivity contribution in [3.8, 4) is 0 Å². The fraction of sp³-hybridized carbons (Fsp3) is 0.125. The Morgan fingerprint density at radius 2 is 2.00 bits per heavy atom. The molecule has 1 aromatic rings. The predicted molar refractivity (Wildman–Crippen MR) is 52.2 cm³/mol. The molecule has 14 heavy (non-hydrogen) atoms. The molecule has 74 valence electrons. The summed E-state index contributed by atoms with van der Waals surface area (Å²) in [7, 11) is 0. The van der Waals surface area contributed by atoms with Crippen molar-refractivity contribution in [3.05, 3.63) is 34.2 Å². The maximum absolute atomic E-state index is 10.3. The average Bonchev–Trinajstić information content (AvgIpc) is 2.15. The van der Waals surface area contributed by atoms with Crippen LogP contribution in [0.1, 0.15) is 0 Å². The molecule has 0 saturated carbocycles. The third-order valence-electron chi connectivity index (χ3n) is 1.51. The Bertz CT molecular complexity index is 339. The monoisotopic (exact) mass is 214 g/mol. The lowest BCUT2D eigenvalue weighted by Gasteiger charge is -2.11. The van der Waals surface area contributed by atoms with Gasteiger partial charge in [0.25, 0.3) is 0 Å². The average molecular weight is 215 g/mol. The maximum Gasteiger partial charge on any atom is 0.325 e. The van der Waals surface area contributed by atoms with E-state index in [1.807, 2.05) is 0 Å². The molecule has 0 unspecified atom stereocenters. The molecule has 6 heteroatoms. The zero-order chi connectivity index (χ0) is 10.6. The molecule has 0 amide bonds. The molecule has 1 rings (SSSR count). The largest absolute Gasteiger partial charge is 0.480 e. The summed E-state index contributed by atoms with van der Waals surface area (Å²) in [4.78, 5) is 20.6. The molecule has 0 bridgehead atoms. The Hall–Kier alpha value is -1.62. The van der Waals surface area contributed by atoms with Crippen LogP contribution in [0.2, 0.25) is 5.02 Å². The summed E-state index contributed by atoms with van der Waals surface area (Å²) in [6, 6.07) is 6.15. The van der Waals surface area contributed by atoms with E-state index in [2.05, 4.69) is 5.29 Å². The first-order valence-electron chi connectivity index (χ1n) is 3.71. The highest BCUT2D eigenvalue weighted by molar-refractivity contribution is 6.30. The molecule has 5 nitrogen and oxygen atoms in total. The molecule has 0 atom stereocenters. The van der Waals surface area contributed by atoms with Crippen LogP contribution in [0.5, 0.6) is 0 Å². The molecule has 1 N–H and O–H groups in total. The third kappa shape index (κ3) is 2.70. The van der Waals surface area contributed by atoms with Gasteiger partial charge in [-0.2, -0.15) is 0 Å². The number of carbonyl (C=O) groups is 1. The van der Waals surface area contributed by atoms with Gasteiger partial charge in [0.05, 0.1) is 11.0 Å². The Morgan fingerprint density at radius 3 is 2.43 bits per heavy atom. The summed E-state index contributed by atoms with van der Waals surface area (Å²) in [5, 5.41) is 12.4. The first-order valence-corrected chi connectivity index (χ1v) is 4.09. The van der Waals surface area contributed by atoms with E-state index in [4.69, 9.17) is 16.7 Å². The lowest BCUT2D eigenvalue weighted by molar-refractivity contribution is -0.135. The number of rotatable bonds is 4. The fourth-order valence-electron chi connectivity index (χ4n) is 0.909. The molecule has 0 fully saturated rings. The lowest BCUT2D eigenvalue weighted by atomic mass is 10.3. The van der Waals surface area contributed by atoms with Crippen molar-refractivity contribution >= 4 is 23.3 Å². The van der Waals surface area contributed by atoms with E-state index in [1.54, 1.807) is 12.1 Å². The first-order chi connectivity index (χ1) is 6.63. The topological polar surface area (TPSA) is 70.0 Å². The molecule has 0 aliphatic rings. The van der Waals surface area contributed by atoms with Gasteiger partial charge in [0.15, 0.2) is 0 Å². The standard InChI is InChI=1S/C8H7ClN2O3/c9-6-1-3-7(4-2-6)11(10-14)5-8(12)13/h1-4H,5H2,(H,12,13). The van der Waals surface area contributed by atoms with Crippen molar-refractivity contribution in [1.82, 2.24) is 0 Å². The molecule has 0 spiro atoms. The van der Waals surface area contributed by atoms with Gasteiger partial charge in [-0.1, -0.05) is 11.6 Å². The second-order valence-electron chi connectivity index (χ2n) is 2.51. The van der Waals surface area contributed by atoms with E-state index in [-0.39, 0.29) is 0 Å². The van der Waals surface area contributed by atoms with Crippen molar-refractivity contribution in [2.75, 3.05) is 11.6 Å². The van der Waals surface area contributed by atoms with Crippen LogP contribution in [-0.2, 0) is 4.79 Å². The number of benzene rings is 1. The van der Waals surface area contributed by atoms with Crippen molar-refractivity contribution in [2.24, 2.45) is 5.29 Å². The van der Waals surface area contributed by atoms with Crippen LogP contribution in [0.3, 0.4) is 0 Å². The SMILES string of the molecule is O=NN(CC(=O)O)c1ccc(Cl)cc1. The molecule has 0 saturated heterocycles. The molecule has 0 heterocycles. The van der Waals surface area contributed by atoms with Crippen LogP contribution in [-0.4, -0.2) is 17.6 Å². The van der Waals surface area contributed by atoms with Crippen LogP contribution in [0.15, 0.2) is 29.6 Å². The van der Waals surface area contributed by atoms with Gasteiger partial charge in [-0.05, 0) is 24.3 Å². The van der Waals surface area contributed by atoms with Crippen LogP contribution < -0.4 is 5.01 Å². The number of aliphatic carboxylic acids is 1. The number of carboxylic acids is 1. The van der Waals surface area contributed by atoms with Gasteiger partial charge >= 0.3 is 5.97 Å². The molecule has 0 aliphatic heterocycles. The van der Waals surface area contributed by atoms with Gasteiger partial charge in [-0.25, -0.2) is 5.01 Å². The Labute approximate surface area is 84.8 Å². The van der Waals surface area contributed by atoms with E-state index in [9.17, 15) is 9.70 Å². The number of carboxylic acid groups (broad SMARTS) is 1. The van der Waals surface area contributed by atoms with Crippen molar-refractivity contribution < 1.29 is 9.90 Å². The van der Waals surface area contributed by atoms with Crippen molar-refractivity contribution in [2.45, 2.75) is 0 Å². The molecule has 1 aromatic carbocycles. The van der Waals surface area contributed by atoms with Crippen LogP contribution in [0.25, 0.3) is 0 Å². The third-order valence-corrected chi connectivity index (χ3v) is 1.76. The van der Waals surface area contributed by atoms with Crippen molar-refractivity contribution in [1.29, 1.82) is 0 Å². The van der Waals surface area contributed by atoms with Crippen LogP contribution >= 0.6 is 11.6 Å². The fourth-order valence-corrected chi connectivity index (χ4v) is 1.03. The normalized spacial score (nSPS) is 9.50. The predicted octanol–water partition coefficient (Wildman–Crippen LogP) is 1.91. The Morgan fingerprint density at radius 1 is 1.43 bits per heavy atom. The molecule has 0 aliphatic carbocycles. The summed E-state index contributed by atoms with van der Waals surface area (Å²) in [6.45, 7) is -0.467. The second-order valence-corrected chi connectivity index (χ2v) is 2.95. The zero-order valence-corrected chi connectivity index (χ0v) is 7.81. The highest BCUT2D eigenvalue weighted by Gasteiger charge is 2.10. The summed E-state index contributed by atoms with van der Waals surface area (Å²) < 4.78 is 0. The van der Waals surface area contributed by atoms with E-state index in [0.29, 0.717) is 10.7 Å². The summed E-state index contributed by atoms with van der Waals surface area (Å²) >= 11 is 5.62. The minimum Gasteiger partial charge on any atom is -0.480 e. The molecule has 0 radical (unpaired) electrons. The number of nitrogens with zero attached hydrogens (tertiary/aromatic N) is 2. The molecular formula is C8H7ClN2O3. The van der Waals surface area contributed by atoms with E-state index in [0.717, 1.165) is 5.01 Å². The highest BCUT2D eigenvalue weighted by atomic mass is 35.5. The lowest BCUT2D eigenvalue weighted by Crippen LogP contribution is -2.23. The minimum atomic E-state index is -1.13. The van der Waals surface area contributed by atoms with Gasteiger partial charge in [0.1, 0.15) is 6.54 Å². The summed E-state index contributed by atoms with van der Waals surface area (Å²) in [5.41, 5.74) is 0.395. The van der Waals surface area contributed by atoms with E-state index < -0.39 is 12.5 Å². The number of halogens is 1. The number of nitroso groups, excluding NO2 is 1. The van der Waals surface area contributed by atoms with E-state index >= 15 is 0 Å². The van der Waals surface area contributed by atoms with Gasteiger partial charge in [0.2, 0.25) is 0 Å². The minimum absolute atomic E-state index is 0.395. The smallest absolute Gasteiger partial charge is 0.325 e. The van der Waals surface area contributed by atoms with Gasteiger partial charge < -0.3 is 5.11 Å². The zero-order valence-electron chi connectivity index (χ0n) is 7.05. The molecular weight excluding hydrogens is 208 g/mol. The van der Waals surface area contributed by atoms with Gasteiger partial charge in [-0.15, -0.1) is 4.91 Å². The number of anilines is 1.